The topological polar surface area (TPSA) is 71.4 Å². The maximum atomic E-state index is 11.8. The van der Waals surface area contributed by atoms with Gasteiger partial charge in [0.2, 0.25) is 5.78 Å². The lowest BCUT2D eigenvalue weighted by Gasteiger charge is -2.04. The highest BCUT2D eigenvalue weighted by atomic mass is 35.5. The van der Waals surface area contributed by atoms with Crippen LogP contribution in [0.3, 0.4) is 0 Å². The number of aliphatic carboxylic acids is 1. The molecule has 5 heteroatoms. The van der Waals surface area contributed by atoms with Gasteiger partial charge in [0.15, 0.2) is 5.78 Å². The smallest absolute Gasteiger partial charge is 0.372 e. The molecule has 1 rings (SSSR count). The van der Waals surface area contributed by atoms with Crippen LogP contribution in [0.4, 0.5) is 0 Å². The molecule has 0 spiro atoms. The summed E-state index contributed by atoms with van der Waals surface area (Å²) in [5.41, 5.74) is 1.28. The average molecular weight is 295 g/mol. The maximum absolute atomic E-state index is 11.8. The summed E-state index contributed by atoms with van der Waals surface area (Å²) in [5.74, 6) is -2.54. The van der Waals surface area contributed by atoms with Crippen molar-refractivity contribution in [2.75, 3.05) is 0 Å². The zero-order valence-electron chi connectivity index (χ0n) is 11.1. The van der Waals surface area contributed by atoms with Crippen LogP contribution in [0.25, 0.3) is 0 Å². The Morgan fingerprint density at radius 3 is 2.45 bits per heavy atom. The Labute approximate surface area is 122 Å². The molecule has 0 fully saturated rings. The Hall–Kier alpha value is -1.94. The van der Waals surface area contributed by atoms with Crippen molar-refractivity contribution in [3.05, 3.63) is 46.5 Å². The molecule has 106 valence electrons. The van der Waals surface area contributed by atoms with Crippen LogP contribution in [0.2, 0.25) is 5.02 Å². The van der Waals surface area contributed by atoms with Gasteiger partial charge in [-0.15, -0.1) is 0 Å². The summed E-state index contributed by atoms with van der Waals surface area (Å²) in [5, 5.41) is 9.05. The van der Waals surface area contributed by atoms with E-state index in [2.05, 4.69) is 0 Å². The second-order valence-electron chi connectivity index (χ2n) is 4.33. The zero-order chi connectivity index (χ0) is 15.1. The van der Waals surface area contributed by atoms with E-state index in [9.17, 15) is 14.4 Å². The van der Waals surface area contributed by atoms with Crippen LogP contribution >= 0.6 is 11.6 Å². The Morgan fingerprint density at radius 1 is 1.20 bits per heavy atom. The van der Waals surface area contributed by atoms with Crippen molar-refractivity contribution in [3.8, 4) is 0 Å². The Kier molecular flexibility index (Phi) is 6.12. The number of carboxylic acid groups (broad SMARTS) is 1. The lowest BCUT2D eigenvalue weighted by Crippen LogP contribution is -2.11. The second kappa shape index (κ2) is 7.60. The van der Waals surface area contributed by atoms with E-state index in [4.69, 9.17) is 16.7 Å². The summed E-state index contributed by atoms with van der Waals surface area (Å²) < 4.78 is 0. The molecule has 0 radical (unpaired) electrons. The minimum absolute atomic E-state index is 0.122. The molecule has 0 aliphatic carbocycles. The van der Waals surface area contributed by atoms with E-state index in [0.29, 0.717) is 17.0 Å². The molecule has 4 nitrogen and oxygen atoms in total. The number of halogens is 1. The number of hydrogen-bond acceptors (Lipinski definition) is 3. The summed E-state index contributed by atoms with van der Waals surface area (Å²) in [7, 11) is 0. The van der Waals surface area contributed by atoms with Crippen molar-refractivity contribution in [2.45, 2.75) is 26.2 Å². The minimum Gasteiger partial charge on any atom is -0.475 e. The van der Waals surface area contributed by atoms with Gasteiger partial charge in [-0.2, -0.15) is 0 Å². The van der Waals surface area contributed by atoms with E-state index < -0.39 is 11.8 Å². The SMILES string of the molecule is CC(=CCC(=O)C(=O)O)C(=O)CCc1ccccc1Cl. The van der Waals surface area contributed by atoms with Gasteiger partial charge in [0.05, 0.1) is 0 Å². The van der Waals surface area contributed by atoms with Crippen molar-refractivity contribution in [1.82, 2.24) is 0 Å². The summed E-state index contributed by atoms with van der Waals surface area (Å²) in [6.45, 7) is 1.57. The number of Topliss-reactive ketones (excluding diaryl/α,β-unsaturated/α-hetero) is 2. The van der Waals surface area contributed by atoms with Crippen LogP contribution < -0.4 is 0 Å². The van der Waals surface area contributed by atoms with Gasteiger partial charge in [0.25, 0.3) is 0 Å². The largest absolute Gasteiger partial charge is 0.475 e. The zero-order valence-corrected chi connectivity index (χ0v) is 11.8. The Morgan fingerprint density at radius 2 is 1.85 bits per heavy atom. The second-order valence-corrected chi connectivity index (χ2v) is 4.74. The fourth-order valence-electron chi connectivity index (χ4n) is 1.59. The molecule has 0 unspecified atom stereocenters. The van der Waals surface area contributed by atoms with E-state index in [1.807, 2.05) is 18.2 Å². The fraction of sp³-hybridized carbons (Fsp3) is 0.267. The summed E-state index contributed by atoms with van der Waals surface area (Å²) >= 11 is 5.99. The molecule has 0 aliphatic rings. The molecular weight excluding hydrogens is 280 g/mol. The first-order valence-electron chi connectivity index (χ1n) is 6.11. The van der Waals surface area contributed by atoms with E-state index in [0.717, 1.165) is 5.56 Å². The maximum Gasteiger partial charge on any atom is 0.372 e. The van der Waals surface area contributed by atoms with E-state index in [1.165, 1.54) is 6.08 Å². The number of ketones is 2. The molecule has 0 saturated heterocycles. The molecule has 1 aromatic rings. The standard InChI is InChI=1S/C15H15ClO4/c1-10(6-8-14(18)15(19)20)13(17)9-7-11-4-2-3-5-12(11)16/h2-6H,7-9H2,1H3,(H,19,20). The number of carbonyl (C=O) groups is 3. The molecule has 0 heterocycles. The van der Waals surface area contributed by atoms with Gasteiger partial charge in [-0.25, -0.2) is 4.79 Å². The molecular formula is C15H15ClO4. The number of benzene rings is 1. The molecule has 0 amide bonds. The van der Waals surface area contributed by atoms with Gasteiger partial charge in [-0.1, -0.05) is 35.9 Å². The average Bonchev–Trinajstić information content (AvgIpc) is 2.42. The van der Waals surface area contributed by atoms with Crippen LogP contribution in [-0.2, 0) is 20.8 Å². The van der Waals surface area contributed by atoms with Gasteiger partial charge in [0, 0.05) is 17.9 Å². The number of carboxylic acids is 1. The van der Waals surface area contributed by atoms with Gasteiger partial charge in [0.1, 0.15) is 0 Å². The monoisotopic (exact) mass is 294 g/mol. The van der Waals surface area contributed by atoms with Gasteiger partial charge in [-0.05, 0) is 30.5 Å². The van der Waals surface area contributed by atoms with Crippen LogP contribution in [0, 0.1) is 0 Å². The number of aryl methyl sites for hydroxylation is 1. The highest BCUT2D eigenvalue weighted by Gasteiger charge is 2.11. The Balaban J connectivity index is 2.54. The van der Waals surface area contributed by atoms with Crippen LogP contribution in [0.1, 0.15) is 25.3 Å². The third-order valence-corrected chi connectivity index (χ3v) is 3.22. The first-order chi connectivity index (χ1) is 9.41. The van der Waals surface area contributed by atoms with Crippen molar-refractivity contribution in [1.29, 1.82) is 0 Å². The highest BCUT2D eigenvalue weighted by molar-refractivity contribution is 6.33. The molecule has 20 heavy (non-hydrogen) atoms. The predicted molar refractivity (Wildman–Crippen MR) is 75.8 cm³/mol. The molecule has 1 N–H and O–H groups in total. The van der Waals surface area contributed by atoms with Crippen LogP contribution in [0.15, 0.2) is 35.9 Å². The molecule has 0 bridgehead atoms. The lowest BCUT2D eigenvalue weighted by atomic mass is 10.0. The van der Waals surface area contributed by atoms with Crippen molar-refractivity contribution >= 4 is 29.1 Å². The molecule has 0 atom stereocenters. The normalized spacial score (nSPS) is 11.2. The highest BCUT2D eigenvalue weighted by Crippen LogP contribution is 2.17. The third kappa shape index (κ3) is 4.97. The lowest BCUT2D eigenvalue weighted by molar-refractivity contribution is -0.148. The summed E-state index contributed by atoms with van der Waals surface area (Å²) in [6.07, 6.45) is 1.87. The first-order valence-corrected chi connectivity index (χ1v) is 6.49. The molecule has 0 aromatic heterocycles. The van der Waals surface area contributed by atoms with Crippen molar-refractivity contribution in [2.24, 2.45) is 0 Å². The molecule has 0 aliphatic heterocycles. The number of carbonyl (C=O) groups excluding carboxylic acids is 2. The summed E-state index contributed by atoms with van der Waals surface area (Å²) in [4.78, 5) is 33.1. The van der Waals surface area contributed by atoms with Gasteiger partial charge >= 0.3 is 5.97 Å². The van der Waals surface area contributed by atoms with Gasteiger partial charge < -0.3 is 5.11 Å². The molecule has 0 saturated carbocycles. The van der Waals surface area contributed by atoms with Gasteiger partial charge in [-0.3, -0.25) is 9.59 Å². The first kappa shape index (κ1) is 16.1. The fourth-order valence-corrected chi connectivity index (χ4v) is 1.82. The summed E-state index contributed by atoms with van der Waals surface area (Å²) in [6, 6.07) is 7.27. The van der Waals surface area contributed by atoms with E-state index >= 15 is 0 Å². The number of hydrogen-bond donors (Lipinski definition) is 1. The van der Waals surface area contributed by atoms with Crippen molar-refractivity contribution in [3.63, 3.8) is 0 Å². The van der Waals surface area contributed by atoms with E-state index in [-0.39, 0.29) is 18.6 Å². The number of rotatable bonds is 7. The van der Waals surface area contributed by atoms with E-state index in [1.54, 1.807) is 13.0 Å². The van der Waals surface area contributed by atoms with Crippen molar-refractivity contribution < 1.29 is 19.5 Å². The predicted octanol–water partition coefficient (Wildman–Crippen LogP) is 2.83. The molecule has 1 aromatic carbocycles. The minimum atomic E-state index is -1.49. The Bertz CT molecular complexity index is 561. The van der Waals surface area contributed by atoms with Crippen LogP contribution in [0.5, 0.6) is 0 Å². The quantitative estimate of drug-likeness (QED) is 0.620. The van der Waals surface area contributed by atoms with Crippen LogP contribution in [-0.4, -0.2) is 22.6 Å². The number of allylic oxidation sites excluding steroid dienone is 2. The third-order valence-electron chi connectivity index (χ3n) is 2.85.